The number of aliphatic carboxylic acids is 1. The summed E-state index contributed by atoms with van der Waals surface area (Å²) in [6, 6.07) is 7.58. The van der Waals surface area contributed by atoms with Crippen LogP contribution in [-0.4, -0.2) is 22.5 Å². The van der Waals surface area contributed by atoms with Gasteiger partial charge in [0, 0.05) is 22.9 Å². The molecule has 0 heterocycles. The molecule has 2 atom stereocenters. The standard InChI is InChI=1S/C16H20ClNO3/c1-16(2,8-7-14(19)20)18-15(21)12-9-11(12)10-5-3-4-6-13(10)17/h3-6,11-12H,7-9H2,1-2H3,(H,18,21)(H,19,20). The van der Waals surface area contributed by atoms with Crippen molar-refractivity contribution in [2.75, 3.05) is 0 Å². The maximum absolute atomic E-state index is 12.3. The Morgan fingerprint density at radius 2 is 2.05 bits per heavy atom. The highest BCUT2D eigenvalue weighted by Crippen LogP contribution is 2.49. The zero-order valence-corrected chi connectivity index (χ0v) is 13.0. The summed E-state index contributed by atoms with van der Waals surface area (Å²) in [7, 11) is 0. The molecule has 2 N–H and O–H groups in total. The van der Waals surface area contributed by atoms with E-state index in [9.17, 15) is 9.59 Å². The van der Waals surface area contributed by atoms with Crippen molar-refractivity contribution < 1.29 is 14.7 Å². The van der Waals surface area contributed by atoms with Gasteiger partial charge in [0.1, 0.15) is 0 Å². The van der Waals surface area contributed by atoms with Gasteiger partial charge in [0.15, 0.2) is 0 Å². The predicted molar refractivity (Wildman–Crippen MR) is 81.4 cm³/mol. The maximum atomic E-state index is 12.3. The Hall–Kier alpha value is -1.55. The third kappa shape index (κ3) is 4.21. The first-order valence-corrected chi connectivity index (χ1v) is 7.46. The summed E-state index contributed by atoms with van der Waals surface area (Å²) in [4.78, 5) is 22.9. The molecular weight excluding hydrogens is 290 g/mol. The van der Waals surface area contributed by atoms with Gasteiger partial charge < -0.3 is 10.4 Å². The molecule has 114 valence electrons. The van der Waals surface area contributed by atoms with Crippen LogP contribution in [0.4, 0.5) is 0 Å². The van der Waals surface area contributed by atoms with Crippen molar-refractivity contribution in [3.63, 3.8) is 0 Å². The predicted octanol–water partition coefficient (Wildman–Crippen LogP) is 3.20. The van der Waals surface area contributed by atoms with Crippen molar-refractivity contribution in [1.82, 2.24) is 5.32 Å². The van der Waals surface area contributed by atoms with Gasteiger partial charge in [-0.05, 0) is 44.2 Å². The van der Waals surface area contributed by atoms with Crippen molar-refractivity contribution in [2.24, 2.45) is 5.92 Å². The number of benzene rings is 1. The maximum Gasteiger partial charge on any atom is 0.303 e. The highest BCUT2D eigenvalue weighted by atomic mass is 35.5. The minimum Gasteiger partial charge on any atom is -0.481 e. The van der Waals surface area contributed by atoms with E-state index in [1.54, 1.807) is 0 Å². The van der Waals surface area contributed by atoms with Crippen LogP contribution in [0.2, 0.25) is 5.02 Å². The summed E-state index contributed by atoms with van der Waals surface area (Å²) >= 11 is 6.15. The van der Waals surface area contributed by atoms with E-state index in [0.29, 0.717) is 11.4 Å². The first-order chi connectivity index (χ1) is 9.80. The fraction of sp³-hybridized carbons (Fsp3) is 0.500. The van der Waals surface area contributed by atoms with Crippen LogP contribution in [0.3, 0.4) is 0 Å². The molecule has 1 aromatic carbocycles. The van der Waals surface area contributed by atoms with Crippen molar-refractivity contribution >= 4 is 23.5 Å². The van der Waals surface area contributed by atoms with E-state index in [2.05, 4.69) is 5.32 Å². The molecule has 21 heavy (non-hydrogen) atoms. The SMILES string of the molecule is CC(C)(CCC(=O)O)NC(=O)C1CC1c1ccccc1Cl. The molecule has 1 fully saturated rings. The van der Waals surface area contributed by atoms with Crippen LogP contribution in [0.1, 0.15) is 44.6 Å². The van der Waals surface area contributed by atoms with Gasteiger partial charge in [0.05, 0.1) is 0 Å². The van der Waals surface area contributed by atoms with E-state index in [0.717, 1.165) is 12.0 Å². The van der Waals surface area contributed by atoms with Crippen LogP contribution in [-0.2, 0) is 9.59 Å². The Morgan fingerprint density at radius 3 is 2.67 bits per heavy atom. The van der Waals surface area contributed by atoms with Crippen LogP contribution >= 0.6 is 11.6 Å². The Kier molecular flexibility index (Phi) is 4.57. The van der Waals surface area contributed by atoms with E-state index in [1.807, 2.05) is 38.1 Å². The largest absolute Gasteiger partial charge is 0.481 e. The topological polar surface area (TPSA) is 66.4 Å². The number of carbonyl (C=O) groups excluding carboxylic acids is 1. The van der Waals surface area contributed by atoms with Crippen LogP contribution in [0, 0.1) is 5.92 Å². The first-order valence-electron chi connectivity index (χ1n) is 7.08. The van der Waals surface area contributed by atoms with Crippen molar-refractivity contribution in [1.29, 1.82) is 0 Å². The molecule has 0 saturated heterocycles. The van der Waals surface area contributed by atoms with Crippen molar-refractivity contribution in [2.45, 2.75) is 44.6 Å². The highest BCUT2D eigenvalue weighted by Gasteiger charge is 2.45. The van der Waals surface area contributed by atoms with Crippen LogP contribution in [0.5, 0.6) is 0 Å². The van der Waals surface area contributed by atoms with E-state index in [4.69, 9.17) is 16.7 Å². The minimum absolute atomic E-state index is 0.0182. The number of carbonyl (C=O) groups is 2. The molecule has 0 radical (unpaired) electrons. The molecule has 1 saturated carbocycles. The van der Waals surface area contributed by atoms with Gasteiger partial charge in [-0.2, -0.15) is 0 Å². The molecule has 1 aromatic rings. The van der Waals surface area contributed by atoms with E-state index in [1.165, 1.54) is 0 Å². The average molecular weight is 310 g/mol. The molecule has 4 nitrogen and oxygen atoms in total. The normalized spacial score (nSPS) is 20.9. The summed E-state index contributed by atoms with van der Waals surface area (Å²) in [6.45, 7) is 3.70. The fourth-order valence-corrected chi connectivity index (χ4v) is 2.79. The molecule has 1 amide bonds. The number of amides is 1. The molecule has 1 aliphatic rings. The lowest BCUT2D eigenvalue weighted by Gasteiger charge is -2.25. The number of carboxylic acid groups (broad SMARTS) is 1. The van der Waals surface area contributed by atoms with Gasteiger partial charge in [-0.25, -0.2) is 0 Å². The summed E-state index contributed by atoms with van der Waals surface area (Å²) in [5.74, 6) is -0.754. The molecule has 0 bridgehead atoms. The lowest BCUT2D eigenvalue weighted by atomic mass is 9.98. The second-order valence-corrected chi connectivity index (χ2v) is 6.64. The second-order valence-electron chi connectivity index (χ2n) is 6.24. The van der Waals surface area contributed by atoms with Gasteiger partial charge in [0.2, 0.25) is 5.91 Å². The third-order valence-corrected chi connectivity index (χ3v) is 4.20. The Morgan fingerprint density at radius 1 is 1.38 bits per heavy atom. The van der Waals surface area contributed by atoms with Gasteiger partial charge in [-0.3, -0.25) is 9.59 Å². The second kappa shape index (κ2) is 6.06. The van der Waals surface area contributed by atoms with Gasteiger partial charge in [-0.1, -0.05) is 29.8 Å². The quantitative estimate of drug-likeness (QED) is 0.848. The number of hydrogen-bond acceptors (Lipinski definition) is 2. The number of nitrogens with one attached hydrogen (secondary N) is 1. The lowest BCUT2D eigenvalue weighted by molar-refractivity contribution is -0.138. The van der Waals surface area contributed by atoms with E-state index >= 15 is 0 Å². The number of rotatable bonds is 6. The zero-order chi connectivity index (χ0) is 15.6. The first kappa shape index (κ1) is 15.8. The summed E-state index contributed by atoms with van der Waals surface area (Å²) < 4.78 is 0. The highest BCUT2D eigenvalue weighted by molar-refractivity contribution is 6.31. The number of hydrogen-bond donors (Lipinski definition) is 2. The van der Waals surface area contributed by atoms with Gasteiger partial charge >= 0.3 is 5.97 Å². The third-order valence-electron chi connectivity index (χ3n) is 3.86. The average Bonchev–Trinajstić information content (AvgIpc) is 3.17. The minimum atomic E-state index is -0.849. The van der Waals surface area contributed by atoms with Crippen LogP contribution in [0.15, 0.2) is 24.3 Å². The molecule has 0 aromatic heterocycles. The lowest BCUT2D eigenvalue weighted by Crippen LogP contribution is -2.44. The Balaban J connectivity index is 1.91. The Labute approximate surface area is 129 Å². The monoisotopic (exact) mass is 309 g/mol. The molecule has 0 spiro atoms. The molecular formula is C16H20ClNO3. The van der Waals surface area contributed by atoms with Crippen LogP contribution < -0.4 is 5.32 Å². The molecule has 2 rings (SSSR count). The zero-order valence-electron chi connectivity index (χ0n) is 12.2. The van der Waals surface area contributed by atoms with E-state index in [-0.39, 0.29) is 24.2 Å². The Bertz CT molecular complexity index is 556. The smallest absolute Gasteiger partial charge is 0.303 e. The molecule has 0 aliphatic heterocycles. The molecule has 1 aliphatic carbocycles. The molecule has 2 unspecified atom stereocenters. The van der Waals surface area contributed by atoms with E-state index < -0.39 is 11.5 Å². The summed E-state index contributed by atoms with van der Waals surface area (Å²) in [5, 5.41) is 12.4. The fourth-order valence-electron chi connectivity index (χ4n) is 2.51. The van der Waals surface area contributed by atoms with Crippen molar-refractivity contribution in [3.8, 4) is 0 Å². The number of halogens is 1. The van der Waals surface area contributed by atoms with Gasteiger partial charge in [-0.15, -0.1) is 0 Å². The van der Waals surface area contributed by atoms with Gasteiger partial charge in [0.25, 0.3) is 0 Å². The van der Waals surface area contributed by atoms with Crippen molar-refractivity contribution in [3.05, 3.63) is 34.9 Å². The number of carboxylic acids is 1. The van der Waals surface area contributed by atoms with Crippen LogP contribution in [0.25, 0.3) is 0 Å². The summed E-state index contributed by atoms with van der Waals surface area (Å²) in [6.07, 6.45) is 1.26. The molecule has 5 heteroatoms. The summed E-state index contributed by atoms with van der Waals surface area (Å²) in [5.41, 5.74) is 0.506.